The van der Waals surface area contributed by atoms with Crippen LogP contribution in [0.4, 0.5) is 10.1 Å². The first kappa shape index (κ1) is 23.6. The molecule has 0 fully saturated rings. The summed E-state index contributed by atoms with van der Waals surface area (Å²) in [7, 11) is 0. The molecule has 1 heterocycles. The molecular weight excluding hydrogens is 464 g/mol. The fraction of sp³-hybridized carbons (Fsp3) is 0.143. The summed E-state index contributed by atoms with van der Waals surface area (Å²) in [4.78, 5) is 40.5. The number of amides is 2. The maximum atomic E-state index is 13.2. The molecule has 2 N–H and O–H groups in total. The van der Waals surface area contributed by atoms with Crippen LogP contribution in [0.5, 0.6) is 0 Å². The molecule has 2 aromatic carbocycles. The van der Waals surface area contributed by atoms with E-state index in [1.807, 2.05) is 30.3 Å². The third kappa shape index (κ3) is 6.14. The van der Waals surface area contributed by atoms with Crippen molar-refractivity contribution in [2.24, 2.45) is 0 Å². The van der Waals surface area contributed by atoms with E-state index in [0.717, 1.165) is 10.1 Å². The van der Waals surface area contributed by atoms with E-state index >= 15 is 0 Å². The Balaban J connectivity index is 0.00000320. The molecule has 0 radical (unpaired) electrons. The normalized spacial score (nSPS) is 10.2. The number of aromatic nitrogens is 2. The Bertz CT molecular complexity index is 1090. The SMILES string of the molecule is [NH-]C(=O)Cn1c(-c2ccc(F)cc2)ncc(NC(=O)CCc2ccccc2)c1=O.[Y+3]. The third-order valence-corrected chi connectivity index (χ3v) is 4.21. The molecule has 0 spiro atoms. The fourth-order valence-electron chi connectivity index (χ4n) is 2.81. The summed E-state index contributed by atoms with van der Waals surface area (Å²) in [6, 6.07) is 14.7. The van der Waals surface area contributed by atoms with E-state index in [-0.39, 0.29) is 56.5 Å². The van der Waals surface area contributed by atoms with Gasteiger partial charge in [-0.2, -0.15) is 0 Å². The topological polar surface area (TPSA) is 105 Å². The van der Waals surface area contributed by atoms with Gasteiger partial charge in [0.2, 0.25) is 5.91 Å². The molecule has 3 aromatic rings. The van der Waals surface area contributed by atoms with Gasteiger partial charge in [0.25, 0.3) is 5.56 Å². The Hall–Kier alpha value is -2.71. The first-order valence-electron chi connectivity index (χ1n) is 8.88. The van der Waals surface area contributed by atoms with E-state index in [9.17, 15) is 18.8 Å². The number of nitrogens with one attached hydrogen (secondary N) is 2. The summed E-state index contributed by atoms with van der Waals surface area (Å²) in [6.07, 6.45) is 1.88. The molecule has 148 valence electrons. The minimum atomic E-state index is -0.996. The van der Waals surface area contributed by atoms with Gasteiger partial charge in [-0.1, -0.05) is 30.3 Å². The molecule has 0 saturated heterocycles. The van der Waals surface area contributed by atoms with Crippen LogP contribution in [0.25, 0.3) is 17.1 Å². The molecule has 1 aromatic heterocycles. The van der Waals surface area contributed by atoms with E-state index in [0.29, 0.717) is 12.0 Å². The molecule has 30 heavy (non-hydrogen) atoms. The van der Waals surface area contributed by atoms with Crippen LogP contribution in [0.3, 0.4) is 0 Å². The Morgan fingerprint density at radius 1 is 1.07 bits per heavy atom. The molecule has 3 rings (SSSR count). The standard InChI is InChI=1S/C21H19FN4O3.Y/c22-16-9-7-15(8-10-16)20-24-12-17(21(29)26(20)13-18(23)27)25-19(28)11-6-14-4-2-1-3-5-14;/h1-5,7-10,12H,6,11,13H2,(H3,23,25,27,28);/q;+3/p-1. The zero-order valence-electron chi connectivity index (χ0n) is 16.0. The maximum absolute atomic E-state index is 13.2. The monoisotopic (exact) mass is 482 g/mol. The van der Waals surface area contributed by atoms with Gasteiger partial charge in [-0.15, -0.1) is 0 Å². The molecule has 9 heteroatoms. The number of nitrogens with zero attached hydrogens (tertiary/aromatic N) is 2. The number of carbonyl (C=O) groups excluding carboxylic acids is 2. The van der Waals surface area contributed by atoms with Gasteiger partial charge in [0, 0.05) is 12.0 Å². The second-order valence-corrected chi connectivity index (χ2v) is 6.35. The Morgan fingerprint density at radius 2 is 1.73 bits per heavy atom. The molecule has 7 nitrogen and oxygen atoms in total. The predicted molar refractivity (Wildman–Crippen MR) is 107 cm³/mol. The van der Waals surface area contributed by atoms with Crippen LogP contribution in [0.15, 0.2) is 65.6 Å². The molecule has 0 saturated carbocycles. The molecule has 0 atom stereocenters. The third-order valence-electron chi connectivity index (χ3n) is 4.21. The largest absolute Gasteiger partial charge is 3.00 e. The molecule has 0 unspecified atom stereocenters. The van der Waals surface area contributed by atoms with Crippen molar-refractivity contribution in [1.29, 1.82) is 0 Å². The van der Waals surface area contributed by atoms with Crippen LogP contribution in [-0.2, 0) is 55.3 Å². The van der Waals surface area contributed by atoms with E-state index in [1.165, 1.54) is 30.5 Å². The quantitative estimate of drug-likeness (QED) is 0.559. The molecule has 0 aliphatic rings. The van der Waals surface area contributed by atoms with Gasteiger partial charge in [0.05, 0.1) is 18.6 Å². The van der Waals surface area contributed by atoms with Gasteiger partial charge in [0.15, 0.2) is 0 Å². The van der Waals surface area contributed by atoms with Crippen LogP contribution in [-0.4, -0.2) is 21.4 Å². The van der Waals surface area contributed by atoms with Crippen LogP contribution in [0.2, 0.25) is 0 Å². The van der Waals surface area contributed by atoms with Crippen molar-refractivity contribution in [3.8, 4) is 11.4 Å². The first-order chi connectivity index (χ1) is 13.9. The summed E-state index contributed by atoms with van der Waals surface area (Å²) in [5.74, 6) is -1.71. The average Bonchev–Trinajstić information content (AvgIpc) is 2.71. The average molecular weight is 482 g/mol. The van der Waals surface area contributed by atoms with Crippen molar-refractivity contribution in [1.82, 2.24) is 9.55 Å². The number of rotatable bonds is 7. The maximum Gasteiger partial charge on any atom is 3.00 e. The van der Waals surface area contributed by atoms with Gasteiger partial charge < -0.3 is 15.8 Å². The number of carbonyl (C=O) groups is 2. The Morgan fingerprint density at radius 3 is 2.37 bits per heavy atom. The minimum absolute atomic E-state index is 0. The van der Waals surface area contributed by atoms with Crippen molar-refractivity contribution in [2.45, 2.75) is 19.4 Å². The summed E-state index contributed by atoms with van der Waals surface area (Å²) in [5.41, 5.74) is 7.86. The van der Waals surface area contributed by atoms with Crippen molar-refractivity contribution in [3.05, 3.63) is 88.3 Å². The molecule has 0 bridgehead atoms. The van der Waals surface area contributed by atoms with Gasteiger partial charge >= 0.3 is 32.7 Å². The summed E-state index contributed by atoms with van der Waals surface area (Å²) in [5, 5.41) is 2.51. The van der Waals surface area contributed by atoms with Crippen LogP contribution in [0.1, 0.15) is 12.0 Å². The van der Waals surface area contributed by atoms with E-state index in [4.69, 9.17) is 5.73 Å². The van der Waals surface area contributed by atoms with Gasteiger partial charge in [-0.3, -0.25) is 14.2 Å². The number of hydrogen-bond donors (Lipinski definition) is 1. The second-order valence-electron chi connectivity index (χ2n) is 6.35. The Kier molecular flexibility index (Phi) is 8.56. The number of aryl methyl sites for hydroxylation is 1. The fourth-order valence-corrected chi connectivity index (χ4v) is 2.81. The van der Waals surface area contributed by atoms with Gasteiger partial charge in [-0.25, -0.2) is 9.37 Å². The van der Waals surface area contributed by atoms with E-state index < -0.39 is 23.8 Å². The molecule has 2 amide bonds. The molecular formula is C21H18FN4O3Y+2. The number of hydrogen-bond acceptors (Lipinski definition) is 4. The summed E-state index contributed by atoms with van der Waals surface area (Å²) >= 11 is 0. The summed E-state index contributed by atoms with van der Waals surface area (Å²) in [6.45, 7) is -0.535. The second kappa shape index (κ2) is 10.9. The van der Waals surface area contributed by atoms with Gasteiger partial charge in [-0.05, 0) is 36.2 Å². The van der Waals surface area contributed by atoms with Crippen molar-refractivity contribution in [3.63, 3.8) is 0 Å². The van der Waals surface area contributed by atoms with Gasteiger partial charge in [0.1, 0.15) is 17.3 Å². The number of benzene rings is 2. The van der Waals surface area contributed by atoms with Crippen molar-refractivity contribution >= 4 is 17.5 Å². The summed E-state index contributed by atoms with van der Waals surface area (Å²) < 4.78 is 14.2. The molecule has 0 aliphatic carbocycles. The van der Waals surface area contributed by atoms with Crippen LogP contribution >= 0.6 is 0 Å². The first-order valence-corrected chi connectivity index (χ1v) is 8.88. The zero-order valence-corrected chi connectivity index (χ0v) is 18.8. The minimum Gasteiger partial charge on any atom is -0.666 e. The number of halogens is 1. The smallest absolute Gasteiger partial charge is 0.666 e. The Labute approximate surface area is 197 Å². The van der Waals surface area contributed by atoms with Crippen molar-refractivity contribution < 1.29 is 46.7 Å². The van der Waals surface area contributed by atoms with Crippen molar-refractivity contribution in [2.75, 3.05) is 5.32 Å². The number of anilines is 1. The van der Waals surface area contributed by atoms with E-state index in [1.54, 1.807) is 0 Å². The predicted octanol–water partition coefficient (Wildman–Crippen LogP) is 3.20. The van der Waals surface area contributed by atoms with E-state index in [2.05, 4.69) is 10.3 Å². The van der Waals surface area contributed by atoms with Crippen LogP contribution < -0.4 is 10.9 Å². The molecule has 0 aliphatic heterocycles. The zero-order chi connectivity index (χ0) is 20.8. The van der Waals surface area contributed by atoms with Crippen LogP contribution in [0, 0.1) is 5.82 Å².